The van der Waals surface area contributed by atoms with Crippen LogP contribution in [0.3, 0.4) is 0 Å². The molecule has 4 rings (SSSR count). The standard InChI is InChI=1S/C27H28N2O3/c1-4-22-21-11-8-18(3)27(22,23-14-15-25(30)29-24(23)17-21)28-16-6-7-19-9-12-20(13-10-19)26(31)32-5-2/h4,6-16,18,21H,5,17H2,1-3H3,(H,29,30)/p+1/b7-6+,22-4+,28-16?. The molecule has 2 aliphatic carbocycles. The summed E-state index contributed by atoms with van der Waals surface area (Å²) < 4.78 is 5.03. The van der Waals surface area contributed by atoms with E-state index in [2.05, 4.69) is 42.1 Å². The third kappa shape index (κ3) is 3.79. The summed E-state index contributed by atoms with van der Waals surface area (Å²) in [6, 6.07) is 10.9. The lowest BCUT2D eigenvalue weighted by atomic mass is 9.61. The number of ether oxygens (including phenoxy) is 1. The maximum Gasteiger partial charge on any atom is 0.338 e. The molecule has 2 aliphatic rings. The Hall–Kier alpha value is -3.47. The number of pyridine rings is 1. The highest BCUT2D eigenvalue weighted by molar-refractivity contribution is 5.89. The molecule has 0 saturated carbocycles. The Morgan fingerprint density at radius 3 is 2.72 bits per heavy atom. The third-order valence-electron chi connectivity index (χ3n) is 6.45. The zero-order valence-corrected chi connectivity index (χ0v) is 18.7. The van der Waals surface area contributed by atoms with Gasteiger partial charge in [-0.25, -0.2) is 9.79 Å². The van der Waals surface area contributed by atoms with Crippen LogP contribution in [0.15, 0.2) is 71.1 Å². The Morgan fingerprint density at radius 2 is 2.00 bits per heavy atom. The molecule has 0 spiro atoms. The number of rotatable bonds is 5. The van der Waals surface area contributed by atoms with Crippen molar-refractivity contribution in [1.82, 2.24) is 4.98 Å². The first-order valence-electron chi connectivity index (χ1n) is 11.1. The molecular weight excluding hydrogens is 400 g/mol. The monoisotopic (exact) mass is 429 g/mol. The smallest absolute Gasteiger partial charge is 0.338 e. The van der Waals surface area contributed by atoms with Crippen LogP contribution in [0.25, 0.3) is 6.08 Å². The van der Waals surface area contributed by atoms with Crippen LogP contribution in [0, 0.1) is 11.8 Å². The Bertz CT molecular complexity index is 1180. The van der Waals surface area contributed by atoms with Crippen LogP contribution >= 0.6 is 0 Å². The van der Waals surface area contributed by atoms with Gasteiger partial charge in [0.2, 0.25) is 11.1 Å². The molecule has 5 nitrogen and oxygen atoms in total. The number of fused-ring (bicyclic) bond motifs is 4. The molecule has 32 heavy (non-hydrogen) atoms. The van der Waals surface area contributed by atoms with Crippen LogP contribution in [0.4, 0.5) is 0 Å². The van der Waals surface area contributed by atoms with Gasteiger partial charge in [-0.05, 0) is 50.1 Å². The molecule has 2 N–H and O–H groups in total. The summed E-state index contributed by atoms with van der Waals surface area (Å²) in [5.41, 5.74) is 4.53. The van der Waals surface area contributed by atoms with Gasteiger partial charge in [-0.2, -0.15) is 0 Å². The lowest BCUT2D eigenvalue weighted by Crippen LogP contribution is -2.87. The van der Waals surface area contributed by atoms with Gasteiger partial charge in [0.05, 0.1) is 12.2 Å². The van der Waals surface area contributed by atoms with Crippen molar-refractivity contribution in [3.8, 4) is 0 Å². The minimum Gasteiger partial charge on any atom is -0.462 e. The van der Waals surface area contributed by atoms with E-state index in [1.54, 1.807) is 25.1 Å². The van der Waals surface area contributed by atoms with Crippen molar-refractivity contribution in [3.05, 3.63) is 99.0 Å². The molecule has 5 heteroatoms. The fourth-order valence-electron chi connectivity index (χ4n) is 4.97. The first-order valence-corrected chi connectivity index (χ1v) is 11.1. The topological polar surface area (TPSA) is 73.1 Å². The van der Waals surface area contributed by atoms with E-state index >= 15 is 0 Å². The zero-order chi connectivity index (χ0) is 22.7. The largest absolute Gasteiger partial charge is 0.462 e. The predicted octanol–water partition coefficient (Wildman–Crippen LogP) is 2.94. The van der Waals surface area contributed by atoms with Gasteiger partial charge in [-0.1, -0.05) is 37.3 Å². The number of hydrogen-bond donors (Lipinski definition) is 2. The van der Waals surface area contributed by atoms with Crippen LogP contribution in [0.5, 0.6) is 0 Å². The van der Waals surface area contributed by atoms with Crippen molar-refractivity contribution >= 4 is 18.3 Å². The first kappa shape index (κ1) is 21.8. The van der Waals surface area contributed by atoms with E-state index in [4.69, 9.17) is 4.74 Å². The molecule has 2 aromatic rings. The quantitative estimate of drug-likeness (QED) is 0.436. The summed E-state index contributed by atoms with van der Waals surface area (Å²) in [6.45, 7) is 6.45. The van der Waals surface area contributed by atoms with Crippen molar-refractivity contribution < 1.29 is 14.5 Å². The Morgan fingerprint density at radius 1 is 1.22 bits per heavy atom. The fraction of sp³-hybridized carbons (Fsp3) is 0.296. The van der Waals surface area contributed by atoms with Crippen molar-refractivity contribution in [2.24, 2.45) is 11.8 Å². The van der Waals surface area contributed by atoms with Crippen LogP contribution in [-0.4, -0.2) is 23.8 Å². The molecule has 0 radical (unpaired) electrons. The van der Waals surface area contributed by atoms with E-state index in [1.807, 2.05) is 36.6 Å². The highest BCUT2D eigenvalue weighted by atomic mass is 16.5. The molecule has 0 aliphatic heterocycles. The summed E-state index contributed by atoms with van der Waals surface area (Å²) >= 11 is 0. The van der Waals surface area contributed by atoms with Gasteiger partial charge in [-0.3, -0.25) is 4.79 Å². The molecule has 0 amide bonds. The highest BCUT2D eigenvalue weighted by Gasteiger charge is 2.53. The van der Waals surface area contributed by atoms with Gasteiger partial charge in [-0.15, -0.1) is 0 Å². The summed E-state index contributed by atoms with van der Waals surface area (Å²) in [6.07, 6.45) is 13.5. The molecule has 1 aromatic heterocycles. The summed E-state index contributed by atoms with van der Waals surface area (Å²) in [5.74, 6) is 0.169. The zero-order valence-electron chi connectivity index (χ0n) is 18.7. The second-order valence-electron chi connectivity index (χ2n) is 8.26. The lowest BCUT2D eigenvalue weighted by molar-refractivity contribution is -0.558. The summed E-state index contributed by atoms with van der Waals surface area (Å²) in [5, 5.41) is 0. The average Bonchev–Trinajstić information content (AvgIpc) is 2.79. The minimum absolute atomic E-state index is 0.0623. The van der Waals surface area contributed by atoms with E-state index in [-0.39, 0.29) is 23.4 Å². The molecule has 1 aromatic carbocycles. The molecule has 164 valence electrons. The molecule has 1 heterocycles. The predicted molar refractivity (Wildman–Crippen MR) is 126 cm³/mol. The summed E-state index contributed by atoms with van der Waals surface area (Å²) in [7, 11) is 0. The number of carbonyl (C=O) groups excluding carboxylic acids is 1. The number of nitrogens with one attached hydrogen (secondary N) is 2. The van der Waals surface area contributed by atoms with E-state index in [0.717, 1.165) is 23.2 Å². The van der Waals surface area contributed by atoms with Gasteiger partial charge in [0.1, 0.15) is 0 Å². The van der Waals surface area contributed by atoms with E-state index in [9.17, 15) is 9.59 Å². The number of esters is 1. The number of carbonyl (C=O) groups is 1. The summed E-state index contributed by atoms with van der Waals surface area (Å²) in [4.78, 5) is 30.5. The lowest BCUT2D eigenvalue weighted by Gasteiger charge is -2.43. The van der Waals surface area contributed by atoms with Gasteiger partial charge >= 0.3 is 5.97 Å². The average molecular weight is 430 g/mol. The van der Waals surface area contributed by atoms with E-state index in [1.165, 1.54) is 5.57 Å². The van der Waals surface area contributed by atoms with Crippen LogP contribution in [0.2, 0.25) is 0 Å². The van der Waals surface area contributed by atoms with Gasteiger partial charge < -0.3 is 9.72 Å². The Kier molecular flexibility index (Phi) is 6.08. The molecule has 0 fully saturated rings. The fourth-order valence-corrected chi connectivity index (χ4v) is 4.97. The van der Waals surface area contributed by atoms with Gasteiger partial charge in [0.25, 0.3) is 0 Å². The van der Waals surface area contributed by atoms with Crippen molar-refractivity contribution in [3.63, 3.8) is 0 Å². The normalized spacial score (nSPS) is 25.4. The van der Waals surface area contributed by atoms with Crippen LogP contribution in [-0.2, 0) is 16.7 Å². The van der Waals surface area contributed by atoms with Gasteiger partial charge in [0, 0.05) is 40.8 Å². The van der Waals surface area contributed by atoms with E-state index in [0.29, 0.717) is 12.2 Å². The maximum absolute atomic E-state index is 12.0. The molecule has 3 atom stereocenters. The van der Waals surface area contributed by atoms with Crippen molar-refractivity contribution in [2.45, 2.75) is 32.7 Å². The van der Waals surface area contributed by atoms with Crippen LogP contribution < -0.4 is 10.6 Å². The van der Waals surface area contributed by atoms with Crippen LogP contribution in [0.1, 0.15) is 48.0 Å². The molecule has 2 bridgehead atoms. The third-order valence-corrected chi connectivity index (χ3v) is 6.45. The number of benzene rings is 1. The number of allylic oxidation sites excluding steroid dienone is 3. The highest BCUT2D eigenvalue weighted by Crippen LogP contribution is 2.47. The SMILES string of the molecule is C/C=C1\C2C=CC(C)C1([NH+]=C/C=C/c1ccc(C(=O)OCC)cc1)c1ccc(=O)[nH]c1C2. The molecule has 3 unspecified atom stereocenters. The number of hydrogen-bond acceptors (Lipinski definition) is 3. The number of H-pyrrole nitrogens is 1. The Balaban J connectivity index is 1.65. The van der Waals surface area contributed by atoms with Gasteiger partial charge in [0.15, 0.2) is 6.21 Å². The first-order chi connectivity index (χ1) is 15.5. The Labute approximate surface area is 188 Å². The second-order valence-corrected chi connectivity index (χ2v) is 8.26. The van der Waals surface area contributed by atoms with Crippen molar-refractivity contribution in [2.75, 3.05) is 6.61 Å². The number of aromatic amines is 1. The van der Waals surface area contributed by atoms with E-state index < -0.39 is 5.54 Å². The minimum atomic E-state index is -0.399. The number of aromatic nitrogens is 1. The molecular formula is C27H29N2O3+. The van der Waals surface area contributed by atoms with Crippen molar-refractivity contribution in [1.29, 1.82) is 0 Å². The molecule has 0 saturated heterocycles. The second kappa shape index (κ2) is 8.95. The maximum atomic E-state index is 12.0.